The predicted octanol–water partition coefficient (Wildman–Crippen LogP) is 5.66. The quantitative estimate of drug-likeness (QED) is 0.265. The lowest BCUT2D eigenvalue weighted by Crippen LogP contribution is -2.32. The van der Waals surface area contributed by atoms with E-state index in [-0.39, 0.29) is 35.5 Å². The first-order chi connectivity index (χ1) is 14.6. The van der Waals surface area contributed by atoms with Gasteiger partial charge in [0.1, 0.15) is 0 Å². The smallest absolute Gasteiger partial charge is 0.238 e. The van der Waals surface area contributed by atoms with Gasteiger partial charge < -0.3 is 0 Å². The molecule has 3 aliphatic rings. The second kappa shape index (κ2) is 7.04. The second-order valence-electron chi connectivity index (χ2n) is 8.06. The van der Waals surface area contributed by atoms with Crippen LogP contribution in [-0.4, -0.2) is 16.8 Å². The lowest BCUT2D eigenvalue weighted by atomic mass is 9.85. The Morgan fingerprint density at radius 3 is 2.43 bits per heavy atom. The van der Waals surface area contributed by atoms with Crippen molar-refractivity contribution in [3.63, 3.8) is 0 Å². The summed E-state index contributed by atoms with van der Waals surface area (Å²) in [7, 11) is 0. The third-order valence-corrected chi connectivity index (χ3v) is 9.12. The van der Waals surface area contributed by atoms with Crippen LogP contribution in [-0.2, 0) is 15.3 Å². The summed E-state index contributed by atoms with van der Waals surface area (Å²) in [6.45, 7) is 0. The Labute approximate surface area is 190 Å². The van der Waals surface area contributed by atoms with Crippen LogP contribution in [0.1, 0.15) is 12.0 Å². The molecule has 7 heteroatoms. The summed E-state index contributed by atoms with van der Waals surface area (Å²) in [6.07, 6.45) is 5.21. The molecule has 2 heterocycles. The molecular weight excluding hydrogens is 480 g/mol. The number of amides is 2. The number of thiazole rings is 1. The highest BCUT2D eigenvalue weighted by Crippen LogP contribution is 2.53. The molecule has 4 atom stereocenters. The number of imide groups is 1. The highest BCUT2D eigenvalue weighted by Gasteiger charge is 2.59. The van der Waals surface area contributed by atoms with E-state index in [2.05, 4.69) is 40.2 Å². The van der Waals surface area contributed by atoms with E-state index in [9.17, 15) is 9.59 Å². The summed E-state index contributed by atoms with van der Waals surface area (Å²) in [5, 5.41) is 0. The predicted molar refractivity (Wildman–Crippen MR) is 124 cm³/mol. The summed E-state index contributed by atoms with van der Waals surface area (Å²) in [4.78, 5) is 32.3. The van der Waals surface area contributed by atoms with Crippen LogP contribution in [0.5, 0.6) is 0 Å². The van der Waals surface area contributed by atoms with Crippen molar-refractivity contribution in [2.45, 2.75) is 16.5 Å². The number of anilines is 1. The molecule has 30 heavy (non-hydrogen) atoms. The van der Waals surface area contributed by atoms with Gasteiger partial charge in [-0.15, -0.1) is 11.3 Å². The van der Waals surface area contributed by atoms with Crippen molar-refractivity contribution in [1.29, 1.82) is 0 Å². The van der Waals surface area contributed by atoms with Crippen molar-refractivity contribution in [3.05, 3.63) is 64.7 Å². The molecule has 150 valence electrons. The first kappa shape index (κ1) is 18.8. The van der Waals surface area contributed by atoms with Crippen molar-refractivity contribution in [2.75, 3.05) is 4.90 Å². The van der Waals surface area contributed by atoms with E-state index >= 15 is 0 Å². The number of allylic oxidation sites excluding steroid dienone is 2. The minimum atomic E-state index is -0.165. The maximum absolute atomic E-state index is 13.1. The lowest BCUT2D eigenvalue weighted by molar-refractivity contribution is -0.123. The first-order valence-corrected chi connectivity index (χ1v) is 12.5. The minimum Gasteiger partial charge on any atom is -0.274 e. The highest BCUT2D eigenvalue weighted by atomic mass is 79.9. The molecule has 6 rings (SSSR count). The van der Waals surface area contributed by atoms with Crippen LogP contribution in [0.3, 0.4) is 0 Å². The number of halogens is 1. The van der Waals surface area contributed by atoms with E-state index in [1.54, 1.807) is 23.1 Å². The largest absolute Gasteiger partial charge is 0.274 e. The average Bonchev–Trinajstić information content (AvgIpc) is 3.50. The van der Waals surface area contributed by atoms with Gasteiger partial charge in [0.25, 0.3) is 0 Å². The molecule has 4 nitrogen and oxygen atoms in total. The fraction of sp³-hybridized carbons (Fsp3) is 0.261. The van der Waals surface area contributed by atoms with Gasteiger partial charge in [0, 0.05) is 10.2 Å². The number of carbonyl (C=O) groups is 2. The molecular formula is C23H17BrN2O2S2. The monoisotopic (exact) mass is 496 g/mol. The van der Waals surface area contributed by atoms with Gasteiger partial charge >= 0.3 is 0 Å². The first-order valence-electron chi connectivity index (χ1n) is 9.92. The number of rotatable bonds is 4. The number of aromatic nitrogens is 1. The summed E-state index contributed by atoms with van der Waals surface area (Å²) < 4.78 is 3.07. The van der Waals surface area contributed by atoms with Crippen LogP contribution in [0, 0.1) is 23.7 Å². The Balaban J connectivity index is 1.25. The van der Waals surface area contributed by atoms with Crippen LogP contribution in [0.2, 0.25) is 0 Å². The van der Waals surface area contributed by atoms with Gasteiger partial charge in [0.15, 0.2) is 4.34 Å². The molecule has 1 saturated carbocycles. The zero-order valence-electron chi connectivity index (χ0n) is 15.8. The second-order valence-corrected chi connectivity index (χ2v) is 11.2. The zero-order chi connectivity index (χ0) is 20.4. The molecule has 2 fully saturated rings. The Morgan fingerprint density at radius 2 is 1.73 bits per heavy atom. The Hall–Kier alpha value is -1.96. The fourth-order valence-corrected chi connectivity index (χ4v) is 7.30. The molecule has 3 aromatic rings. The van der Waals surface area contributed by atoms with Crippen LogP contribution in [0.4, 0.5) is 5.69 Å². The van der Waals surface area contributed by atoms with Gasteiger partial charge in [-0.1, -0.05) is 52.0 Å². The Morgan fingerprint density at radius 1 is 1.03 bits per heavy atom. The molecule has 2 aromatic carbocycles. The number of nitrogens with zero attached hydrogens (tertiary/aromatic N) is 2. The Bertz CT molecular complexity index is 1190. The van der Waals surface area contributed by atoms with Crippen LogP contribution >= 0.6 is 39.0 Å². The van der Waals surface area contributed by atoms with Gasteiger partial charge in [0.2, 0.25) is 11.8 Å². The van der Waals surface area contributed by atoms with E-state index in [1.807, 2.05) is 30.3 Å². The molecule has 2 aliphatic carbocycles. The SMILES string of the molecule is O=C1[C@@H]2[C@@H](C(=O)N1c1ccc3nc(SCc4ccc(Br)cc4)sc3c1)[C@H]1C=C[C@H]2C1. The van der Waals surface area contributed by atoms with Crippen LogP contribution in [0.25, 0.3) is 10.2 Å². The van der Waals surface area contributed by atoms with E-state index in [0.29, 0.717) is 5.69 Å². The molecule has 2 bridgehead atoms. The molecule has 1 aliphatic heterocycles. The van der Waals surface area contributed by atoms with E-state index < -0.39 is 0 Å². The summed E-state index contributed by atoms with van der Waals surface area (Å²) in [5.74, 6) is 0.919. The number of hydrogen-bond acceptors (Lipinski definition) is 5. The molecule has 1 saturated heterocycles. The normalized spacial score (nSPS) is 26.9. The topological polar surface area (TPSA) is 50.3 Å². The number of hydrogen-bond donors (Lipinski definition) is 0. The van der Waals surface area contributed by atoms with Crippen LogP contribution < -0.4 is 4.90 Å². The van der Waals surface area contributed by atoms with Crippen molar-refractivity contribution in [1.82, 2.24) is 4.98 Å². The van der Waals surface area contributed by atoms with Gasteiger partial charge in [-0.05, 0) is 54.2 Å². The van der Waals surface area contributed by atoms with Gasteiger partial charge in [-0.3, -0.25) is 9.59 Å². The third kappa shape index (κ3) is 2.90. The maximum atomic E-state index is 13.1. The molecule has 2 amide bonds. The van der Waals surface area contributed by atoms with Gasteiger partial charge in [-0.25, -0.2) is 9.88 Å². The van der Waals surface area contributed by atoms with Crippen molar-refractivity contribution in [3.8, 4) is 0 Å². The molecule has 1 aromatic heterocycles. The van der Waals surface area contributed by atoms with Crippen molar-refractivity contribution >= 4 is 66.7 Å². The van der Waals surface area contributed by atoms with E-state index in [1.165, 1.54) is 10.5 Å². The number of fused-ring (bicyclic) bond motifs is 6. The van der Waals surface area contributed by atoms with Gasteiger partial charge in [0.05, 0.1) is 27.7 Å². The summed E-state index contributed by atoms with van der Waals surface area (Å²) >= 11 is 6.77. The number of carbonyl (C=O) groups excluding carboxylic acids is 2. The van der Waals surface area contributed by atoms with Crippen molar-refractivity contribution in [2.24, 2.45) is 23.7 Å². The highest BCUT2D eigenvalue weighted by molar-refractivity contribution is 9.10. The molecule has 0 radical (unpaired) electrons. The van der Waals surface area contributed by atoms with E-state index in [0.717, 1.165) is 31.2 Å². The minimum absolute atomic E-state index is 0.0319. The number of thioether (sulfide) groups is 1. The maximum Gasteiger partial charge on any atom is 0.238 e. The lowest BCUT2D eigenvalue weighted by Gasteiger charge is -2.17. The Kier molecular flexibility index (Phi) is 4.41. The number of benzene rings is 2. The average molecular weight is 497 g/mol. The van der Waals surface area contributed by atoms with Crippen molar-refractivity contribution < 1.29 is 9.59 Å². The van der Waals surface area contributed by atoms with Crippen LogP contribution in [0.15, 0.2) is 63.4 Å². The zero-order valence-corrected chi connectivity index (χ0v) is 19.0. The fourth-order valence-electron chi connectivity index (χ4n) is 4.98. The van der Waals surface area contributed by atoms with E-state index in [4.69, 9.17) is 4.98 Å². The molecule has 0 unspecified atom stereocenters. The summed E-state index contributed by atoms with van der Waals surface area (Å²) in [6, 6.07) is 14.0. The third-order valence-electron chi connectivity index (χ3n) is 6.36. The van der Waals surface area contributed by atoms with Gasteiger partial charge in [-0.2, -0.15) is 0 Å². The molecule has 0 spiro atoms. The standard InChI is InChI=1S/C23H17BrN2O2S2/c24-15-5-1-12(2-6-15)11-29-23-25-17-8-7-16(10-18(17)30-23)26-21(27)19-13-3-4-14(9-13)20(19)22(26)28/h1-8,10,13-14,19-20H,9,11H2/t13-,14-,19-,20-/m0/s1. The summed E-state index contributed by atoms with van der Waals surface area (Å²) in [5.41, 5.74) is 2.83. The molecule has 0 N–H and O–H groups in total.